The van der Waals surface area contributed by atoms with Crippen molar-refractivity contribution >= 4 is 11.9 Å². The second kappa shape index (κ2) is 9.67. The van der Waals surface area contributed by atoms with Gasteiger partial charge < -0.3 is 16.2 Å². The Balaban J connectivity index is 3.37. The van der Waals surface area contributed by atoms with Gasteiger partial charge in [-0.1, -0.05) is 12.8 Å². The Hall–Kier alpha value is -1.54. The molecule has 0 rings (SSSR count). The third-order valence-electron chi connectivity index (χ3n) is 2.29. The lowest BCUT2D eigenvalue weighted by molar-refractivity contribution is -0.137. The number of carboxylic acids is 1. The molecule has 0 aromatic carbocycles. The topological polar surface area (TPSA) is 92.4 Å². The van der Waals surface area contributed by atoms with Gasteiger partial charge in [0.25, 0.3) is 0 Å². The van der Waals surface area contributed by atoms with Gasteiger partial charge in [-0.25, -0.2) is 0 Å². The summed E-state index contributed by atoms with van der Waals surface area (Å²) < 4.78 is 0. The second-order valence-electron chi connectivity index (χ2n) is 3.86. The number of terminal acetylenes is 1. The molecule has 0 heterocycles. The summed E-state index contributed by atoms with van der Waals surface area (Å²) in [5.41, 5.74) is 5.50. The van der Waals surface area contributed by atoms with Crippen LogP contribution in [-0.2, 0) is 9.59 Å². The van der Waals surface area contributed by atoms with E-state index in [1.807, 2.05) is 0 Å². The van der Waals surface area contributed by atoms with Crippen molar-refractivity contribution in [3.8, 4) is 12.3 Å². The number of nitrogens with two attached hydrogens (primary N) is 1. The highest BCUT2D eigenvalue weighted by molar-refractivity contribution is 5.81. The van der Waals surface area contributed by atoms with Crippen LogP contribution in [0.2, 0.25) is 0 Å². The number of amides is 1. The number of unbranched alkanes of at least 4 members (excludes halogenated alkanes) is 3. The number of nitrogens with one attached hydrogen (secondary N) is 1. The van der Waals surface area contributed by atoms with E-state index in [1.165, 1.54) is 0 Å². The Morgan fingerprint density at radius 2 is 1.94 bits per heavy atom. The molecule has 5 heteroatoms. The highest BCUT2D eigenvalue weighted by atomic mass is 16.4. The Morgan fingerprint density at radius 1 is 1.29 bits per heavy atom. The van der Waals surface area contributed by atoms with Gasteiger partial charge in [-0.3, -0.25) is 9.59 Å². The number of carboxylic acid groups (broad SMARTS) is 1. The van der Waals surface area contributed by atoms with E-state index in [-0.39, 0.29) is 18.7 Å². The summed E-state index contributed by atoms with van der Waals surface area (Å²) in [5, 5.41) is 11.1. The van der Waals surface area contributed by atoms with E-state index in [4.69, 9.17) is 17.3 Å². The molecule has 0 radical (unpaired) electrons. The van der Waals surface area contributed by atoms with Crippen LogP contribution >= 0.6 is 0 Å². The zero-order chi connectivity index (χ0) is 13.1. The van der Waals surface area contributed by atoms with Gasteiger partial charge in [0.15, 0.2) is 0 Å². The van der Waals surface area contributed by atoms with Crippen LogP contribution in [0.3, 0.4) is 0 Å². The fourth-order valence-electron chi connectivity index (χ4n) is 1.32. The first-order valence-electron chi connectivity index (χ1n) is 5.76. The summed E-state index contributed by atoms with van der Waals surface area (Å²) in [5.74, 6) is 1.34. The van der Waals surface area contributed by atoms with Gasteiger partial charge in [0.2, 0.25) is 5.91 Å². The molecule has 0 spiro atoms. The van der Waals surface area contributed by atoms with E-state index >= 15 is 0 Å². The average Bonchev–Trinajstić information content (AvgIpc) is 2.27. The number of hydrogen-bond donors (Lipinski definition) is 3. The third-order valence-corrected chi connectivity index (χ3v) is 2.29. The van der Waals surface area contributed by atoms with E-state index < -0.39 is 12.0 Å². The maximum Gasteiger partial charge on any atom is 0.303 e. The molecule has 4 N–H and O–H groups in total. The molecule has 0 aliphatic rings. The first-order chi connectivity index (χ1) is 8.07. The van der Waals surface area contributed by atoms with Crippen molar-refractivity contribution in [2.75, 3.05) is 6.54 Å². The molecule has 0 fully saturated rings. The van der Waals surface area contributed by atoms with Gasteiger partial charge in [-0.2, -0.15) is 0 Å². The molecule has 5 nitrogen and oxygen atoms in total. The largest absolute Gasteiger partial charge is 0.481 e. The minimum Gasteiger partial charge on any atom is -0.481 e. The molecular formula is C12H20N2O3. The first-order valence-corrected chi connectivity index (χ1v) is 5.76. The van der Waals surface area contributed by atoms with Gasteiger partial charge in [0, 0.05) is 19.4 Å². The fraction of sp³-hybridized carbons (Fsp3) is 0.667. The van der Waals surface area contributed by atoms with Crippen LogP contribution in [0.25, 0.3) is 0 Å². The molecular weight excluding hydrogens is 220 g/mol. The zero-order valence-electron chi connectivity index (χ0n) is 9.95. The summed E-state index contributed by atoms with van der Waals surface area (Å²) >= 11 is 0. The Bertz CT molecular complexity index is 284. The molecule has 0 saturated heterocycles. The van der Waals surface area contributed by atoms with Crippen molar-refractivity contribution in [3.05, 3.63) is 0 Å². The Morgan fingerprint density at radius 3 is 2.53 bits per heavy atom. The lowest BCUT2D eigenvalue weighted by Gasteiger charge is -2.09. The van der Waals surface area contributed by atoms with Crippen molar-refractivity contribution in [1.29, 1.82) is 0 Å². The van der Waals surface area contributed by atoms with Crippen molar-refractivity contribution < 1.29 is 14.7 Å². The normalized spacial score (nSPS) is 11.5. The highest BCUT2D eigenvalue weighted by Crippen LogP contribution is 2.02. The van der Waals surface area contributed by atoms with Crippen LogP contribution in [0.15, 0.2) is 0 Å². The molecule has 0 saturated carbocycles. The fourth-order valence-corrected chi connectivity index (χ4v) is 1.32. The molecule has 0 aliphatic heterocycles. The molecule has 1 amide bonds. The number of carbonyl (C=O) groups excluding carboxylic acids is 1. The molecule has 0 bridgehead atoms. The third kappa shape index (κ3) is 9.39. The number of hydrogen-bond acceptors (Lipinski definition) is 3. The van der Waals surface area contributed by atoms with Gasteiger partial charge in [-0.15, -0.1) is 12.3 Å². The monoisotopic (exact) mass is 240 g/mol. The predicted octanol–water partition coefficient (Wildman–Crippen LogP) is 0.488. The van der Waals surface area contributed by atoms with Crippen molar-refractivity contribution in [1.82, 2.24) is 5.32 Å². The smallest absolute Gasteiger partial charge is 0.303 e. The van der Waals surface area contributed by atoms with Crippen LogP contribution in [0.1, 0.15) is 38.5 Å². The quantitative estimate of drug-likeness (QED) is 0.404. The van der Waals surface area contributed by atoms with Crippen LogP contribution in [0.5, 0.6) is 0 Å². The maximum atomic E-state index is 11.3. The van der Waals surface area contributed by atoms with Crippen LogP contribution in [0.4, 0.5) is 0 Å². The van der Waals surface area contributed by atoms with E-state index in [0.29, 0.717) is 13.0 Å². The number of rotatable bonds is 9. The van der Waals surface area contributed by atoms with Gasteiger partial charge in [0.1, 0.15) is 0 Å². The van der Waals surface area contributed by atoms with E-state index in [0.717, 1.165) is 19.3 Å². The highest BCUT2D eigenvalue weighted by Gasteiger charge is 2.10. The molecule has 96 valence electrons. The van der Waals surface area contributed by atoms with Crippen molar-refractivity contribution in [2.45, 2.75) is 44.6 Å². The lowest BCUT2D eigenvalue weighted by atomic mass is 10.1. The lowest BCUT2D eigenvalue weighted by Crippen LogP contribution is -2.40. The Kier molecular flexibility index (Phi) is 8.79. The predicted molar refractivity (Wildman–Crippen MR) is 65.2 cm³/mol. The van der Waals surface area contributed by atoms with Crippen LogP contribution in [0, 0.1) is 12.3 Å². The molecule has 0 aromatic heterocycles. The van der Waals surface area contributed by atoms with E-state index in [1.54, 1.807) is 0 Å². The zero-order valence-corrected chi connectivity index (χ0v) is 9.95. The summed E-state index contributed by atoms with van der Waals surface area (Å²) in [6.07, 6.45) is 8.76. The second-order valence-corrected chi connectivity index (χ2v) is 3.86. The summed E-state index contributed by atoms with van der Waals surface area (Å²) in [6.45, 7) is 0.560. The SMILES string of the molecule is C#CCC(N)C(=O)NCCCCCCC(=O)O. The van der Waals surface area contributed by atoms with Crippen LogP contribution < -0.4 is 11.1 Å². The van der Waals surface area contributed by atoms with Gasteiger partial charge >= 0.3 is 5.97 Å². The molecule has 17 heavy (non-hydrogen) atoms. The Labute approximate surface area is 102 Å². The minimum absolute atomic E-state index is 0.208. The van der Waals surface area contributed by atoms with Gasteiger partial charge in [-0.05, 0) is 12.8 Å². The molecule has 1 unspecified atom stereocenters. The summed E-state index contributed by atoms with van der Waals surface area (Å²) in [7, 11) is 0. The molecule has 0 aromatic rings. The average molecular weight is 240 g/mol. The summed E-state index contributed by atoms with van der Waals surface area (Å²) in [4.78, 5) is 21.5. The molecule has 0 aliphatic carbocycles. The van der Waals surface area contributed by atoms with Crippen molar-refractivity contribution in [2.24, 2.45) is 5.73 Å². The van der Waals surface area contributed by atoms with Crippen LogP contribution in [-0.4, -0.2) is 29.6 Å². The van der Waals surface area contributed by atoms with E-state index in [9.17, 15) is 9.59 Å². The standard InChI is InChI=1S/C12H20N2O3/c1-2-7-10(13)12(17)14-9-6-4-3-5-8-11(15)16/h1,10H,3-9,13H2,(H,14,17)(H,15,16). The van der Waals surface area contributed by atoms with Crippen molar-refractivity contribution in [3.63, 3.8) is 0 Å². The molecule has 1 atom stereocenters. The maximum absolute atomic E-state index is 11.3. The first kappa shape index (κ1) is 15.5. The number of aliphatic carboxylic acids is 1. The summed E-state index contributed by atoms with van der Waals surface area (Å²) in [6, 6.07) is -0.632. The number of carbonyl (C=O) groups is 2. The minimum atomic E-state index is -0.765. The van der Waals surface area contributed by atoms with E-state index in [2.05, 4.69) is 11.2 Å². The van der Waals surface area contributed by atoms with Gasteiger partial charge in [0.05, 0.1) is 6.04 Å².